The molecule has 2 aromatic rings. The molecule has 0 radical (unpaired) electrons. The fourth-order valence-corrected chi connectivity index (χ4v) is 1.96. The van der Waals surface area contributed by atoms with Gasteiger partial charge in [-0.25, -0.2) is 4.79 Å². The van der Waals surface area contributed by atoms with Crippen LogP contribution in [-0.2, 0) is 9.53 Å². The van der Waals surface area contributed by atoms with Gasteiger partial charge in [-0.15, -0.1) is 0 Å². The van der Waals surface area contributed by atoms with Crippen LogP contribution in [0.3, 0.4) is 0 Å². The van der Waals surface area contributed by atoms with Crippen molar-refractivity contribution in [3.05, 3.63) is 71.3 Å². The van der Waals surface area contributed by atoms with Crippen molar-refractivity contribution < 1.29 is 19.1 Å². The van der Waals surface area contributed by atoms with Crippen LogP contribution < -0.4 is 4.74 Å². The smallest absolute Gasteiger partial charge is 0.341 e. The zero-order valence-corrected chi connectivity index (χ0v) is 12.4. The van der Waals surface area contributed by atoms with Gasteiger partial charge in [-0.1, -0.05) is 42.5 Å². The Balaban J connectivity index is 2.43. The Bertz CT molecular complexity index is 702. The number of esters is 1. The minimum atomic E-state index is -0.670. The van der Waals surface area contributed by atoms with Crippen LogP contribution in [0.2, 0.25) is 0 Å². The maximum atomic E-state index is 12.6. The second kappa shape index (κ2) is 7.22. The van der Waals surface area contributed by atoms with Gasteiger partial charge in [0.1, 0.15) is 11.3 Å². The highest BCUT2D eigenvalue weighted by molar-refractivity contribution is 6.26. The van der Waals surface area contributed by atoms with Crippen molar-refractivity contribution in [2.45, 2.75) is 0 Å². The lowest BCUT2D eigenvalue weighted by Gasteiger charge is -2.07. The van der Waals surface area contributed by atoms with E-state index in [0.717, 1.165) is 5.56 Å². The van der Waals surface area contributed by atoms with Gasteiger partial charge in [-0.3, -0.25) is 4.79 Å². The largest absolute Gasteiger partial charge is 0.497 e. The van der Waals surface area contributed by atoms with E-state index in [2.05, 4.69) is 0 Å². The third kappa shape index (κ3) is 3.61. The number of benzene rings is 2. The molecular weight excluding hydrogens is 280 g/mol. The van der Waals surface area contributed by atoms with Gasteiger partial charge in [0.25, 0.3) is 0 Å². The highest BCUT2D eigenvalue weighted by Crippen LogP contribution is 2.18. The lowest BCUT2D eigenvalue weighted by Crippen LogP contribution is -2.14. The van der Waals surface area contributed by atoms with E-state index in [4.69, 9.17) is 9.47 Å². The van der Waals surface area contributed by atoms with E-state index in [0.29, 0.717) is 11.3 Å². The van der Waals surface area contributed by atoms with Crippen LogP contribution in [0.4, 0.5) is 0 Å². The quantitative estimate of drug-likeness (QED) is 0.280. The molecular formula is C18H16O4. The Hall–Kier alpha value is -2.88. The third-order valence-electron chi connectivity index (χ3n) is 3.09. The fraction of sp³-hybridized carbons (Fsp3) is 0.111. The summed E-state index contributed by atoms with van der Waals surface area (Å²) in [7, 11) is 2.77. The second-order valence-electron chi connectivity index (χ2n) is 4.52. The predicted octanol–water partition coefficient (Wildman–Crippen LogP) is 3.13. The molecule has 2 rings (SSSR count). The van der Waals surface area contributed by atoms with E-state index in [1.165, 1.54) is 20.3 Å². The molecule has 0 N–H and O–H groups in total. The molecule has 0 aliphatic heterocycles. The van der Waals surface area contributed by atoms with E-state index in [-0.39, 0.29) is 5.57 Å². The molecule has 0 aliphatic rings. The maximum Gasteiger partial charge on any atom is 0.341 e. The second-order valence-corrected chi connectivity index (χ2v) is 4.52. The van der Waals surface area contributed by atoms with Crippen LogP contribution in [0.25, 0.3) is 6.08 Å². The lowest BCUT2D eigenvalue weighted by atomic mass is 10.0. The number of Topliss-reactive ketones (excluding diaryl/α,β-unsaturated/α-hetero) is 1. The summed E-state index contributed by atoms with van der Waals surface area (Å²) in [5.74, 6) is -0.527. The van der Waals surface area contributed by atoms with Crippen molar-refractivity contribution in [3.8, 4) is 5.75 Å². The molecule has 0 saturated heterocycles. The van der Waals surface area contributed by atoms with Crippen LogP contribution in [0, 0.1) is 0 Å². The van der Waals surface area contributed by atoms with Crippen LogP contribution in [0.1, 0.15) is 15.9 Å². The Morgan fingerprint density at radius 3 is 2.32 bits per heavy atom. The standard InChI is InChI=1S/C18H16O4/c1-21-15-10-6-9-14(12-15)17(19)16(18(20)22-2)11-13-7-4-3-5-8-13/h3-12H,1-2H3/b16-11-. The van der Waals surface area contributed by atoms with Crippen LogP contribution in [-0.4, -0.2) is 26.0 Å². The molecule has 0 fully saturated rings. The van der Waals surface area contributed by atoms with Crippen molar-refractivity contribution in [1.82, 2.24) is 0 Å². The number of ether oxygens (including phenoxy) is 2. The average Bonchev–Trinajstić information content (AvgIpc) is 2.59. The van der Waals surface area contributed by atoms with Gasteiger partial charge >= 0.3 is 5.97 Å². The van der Waals surface area contributed by atoms with Gasteiger partial charge in [0.15, 0.2) is 5.78 Å². The lowest BCUT2D eigenvalue weighted by molar-refractivity contribution is -0.135. The summed E-state index contributed by atoms with van der Waals surface area (Å²) in [6.07, 6.45) is 1.52. The summed E-state index contributed by atoms with van der Waals surface area (Å²) >= 11 is 0. The summed E-state index contributed by atoms with van der Waals surface area (Å²) in [6, 6.07) is 15.8. The van der Waals surface area contributed by atoms with E-state index in [1.54, 1.807) is 24.3 Å². The van der Waals surface area contributed by atoms with Crippen molar-refractivity contribution in [3.63, 3.8) is 0 Å². The number of ketones is 1. The molecule has 0 unspecified atom stereocenters. The Labute approximate surface area is 129 Å². The van der Waals surface area contributed by atoms with Gasteiger partial charge in [0.05, 0.1) is 14.2 Å². The summed E-state index contributed by atoms with van der Waals surface area (Å²) in [5.41, 5.74) is 1.09. The summed E-state index contributed by atoms with van der Waals surface area (Å²) in [6.45, 7) is 0. The first-order valence-corrected chi connectivity index (χ1v) is 6.69. The van der Waals surface area contributed by atoms with Gasteiger partial charge < -0.3 is 9.47 Å². The normalized spacial score (nSPS) is 10.9. The van der Waals surface area contributed by atoms with Gasteiger partial charge in [0, 0.05) is 5.56 Å². The number of hydrogen-bond donors (Lipinski definition) is 0. The van der Waals surface area contributed by atoms with Gasteiger partial charge in [-0.2, -0.15) is 0 Å². The van der Waals surface area contributed by atoms with Crippen LogP contribution in [0.5, 0.6) is 5.75 Å². The molecule has 0 heterocycles. The molecule has 0 aromatic heterocycles. The molecule has 2 aromatic carbocycles. The third-order valence-corrected chi connectivity index (χ3v) is 3.09. The molecule has 112 valence electrons. The number of carbonyl (C=O) groups excluding carboxylic acids is 2. The van der Waals surface area contributed by atoms with Crippen LogP contribution in [0.15, 0.2) is 60.2 Å². The van der Waals surface area contributed by atoms with E-state index < -0.39 is 11.8 Å². The van der Waals surface area contributed by atoms with Gasteiger partial charge in [0.2, 0.25) is 0 Å². The molecule has 0 aliphatic carbocycles. The molecule has 4 heteroatoms. The summed E-state index contributed by atoms with van der Waals surface area (Å²) in [5, 5.41) is 0. The fourth-order valence-electron chi connectivity index (χ4n) is 1.96. The Morgan fingerprint density at radius 2 is 1.68 bits per heavy atom. The summed E-state index contributed by atoms with van der Waals surface area (Å²) in [4.78, 5) is 24.5. The molecule has 0 saturated carbocycles. The number of carbonyl (C=O) groups is 2. The van der Waals surface area contributed by atoms with E-state index >= 15 is 0 Å². The molecule has 22 heavy (non-hydrogen) atoms. The average molecular weight is 296 g/mol. The first-order valence-electron chi connectivity index (χ1n) is 6.69. The number of rotatable bonds is 5. The zero-order valence-electron chi connectivity index (χ0n) is 12.4. The predicted molar refractivity (Wildman–Crippen MR) is 83.8 cm³/mol. The molecule has 0 spiro atoms. The minimum Gasteiger partial charge on any atom is -0.497 e. The minimum absolute atomic E-state index is 0.0260. The van der Waals surface area contributed by atoms with Gasteiger partial charge in [-0.05, 0) is 23.8 Å². The first-order chi connectivity index (χ1) is 10.7. The number of hydrogen-bond acceptors (Lipinski definition) is 4. The first kappa shape index (κ1) is 15.5. The van der Waals surface area contributed by atoms with E-state index in [9.17, 15) is 9.59 Å². The topological polar surface area (TPSA) is 52.6 Å². The van der Waals surface area contributed by atoms with Crippen molar-refractivity contribution >= 4 is 17.8 Å². The van der Waals surface area contributed by atoms with Crippen molar-refractivity contribution in [2.24, 2.45) is 0 Å². The van der Waals surface area contributed by atoms with Crippen molar-refractivity contribution in [2.75, 3.05) is 14.2 Å². The Kier molecular flexibility index (Phi) is 5.09. The Morgan fingerprint density at radius 1 is 0.955 bits per heavy atom. The molecule has 0 bridgehead atoms. The van der Waals surface area contributed by atoms with E-state index in [1.807, 2.05) is 30.3 Å². The monoisotopic (exact) mass is 296 g/mol. The SMILES string of the molecule is COC(=O)/C(=C\c1ccccc1)C(=O)c1cccc(OC)c1. The summed E-state index contributed by atoms with van der Waals surface area (Å²) < 4.78 is 9.83. The maximum absolute atomic E-state index is 12.6. The molecule has 0 amide bonds. The highest BCUT2D eigenvalue weighted by Gasteiger charge is 2.21. The van der Waals surface area contributed by atoms with Crippen molar-refractivity contribution in [1.29, 1.82) is 0 Å². The highest BCUT2D eigenvalue weighted by atomic mass is 16.5. The zero-order chi connectivity index (χ0) is 15.9. The van der Waals surface area contributed by atoms with Crippen LogP contribution >= 0.6 is 0 Å². The molecule has 0 atom stereocenters. The molecule has 4 nitrogen and oxygen atoms in total. The number of methoxy groups -OCH3 is 2.